The maximum Gasteiger partial charge on any atom is 0.307 e. The van der Waals surface area contributed by atoms with Gasteiger partial charge in [-0.15, -0.1) is 0 Å². The second-order valence-electron chi connectivity index (χ2n) is 2.65. The van der Waals surface area contributed by atoms with Crippen LogP contribution in [0.4, 0.5) is 0 Å². The summed E-state index contributed by atoms with van der Waals surface area (Å²) in [5.41, 5.74) is 1.06. The zero-order chi connectivity index (χ0) is 11.1. The van der Waals surface area contributed by atoms with E-state index < -0.39 is 0 Å². The summed E-state index contributed by atoms with van der Waals surface area (Å²) < 4.78 is 6.66. The van der Waals surface area contributed by atoms with E-state index in [9.17, 15) is 4.79 Å². The molecule has 1 aromatic heterocycles. The van der Waals surface area contributed by atoms with Gasteiger partial charge in [0.15, 0.2) is 0 Å². The molecule has 82 valence electrons. The smallest absolute Gasteiger partial charge is 0.307 e. The predicted octanol–water partition coefficient (Wildman–Crippen LogP) is 2.20. The van der Waals surface area contributed by atoms with Crippen LogP contribution in [0.1, 0.15) is 24.4 Å². The summed E-state index contributed by atoms with van der Waals surface area (Å²) in [5.74, 6) is 0. The number of ether oxygens (including phenoxy) is 1. The molecule has 0 aliphatic heterocycles. The van der Waals surface area contributed by atoms with Gasteiger partial charge in [-0.2, -0.15) is 0 Å². The van der Waals surface area contributed by atoms with Crippen molar-refractivity contribution in [3.63, 3.8) is 0 Å². The monoisotopic (exact) mass is 217 g/mol. The third-order valence-electron chi connectivity index (χ3n) is 1.89. The highest BCUT2D eigenvalue weighted by molar-refractivity contribution is 7.09. The molecule has 0 spiro atoms. The molecule has 4 heteroatoms. The normalized spacial score (nSPS) is 9.50. The molecule has 0 aromatic carbocycles. The minimum atomic E-state index is 0.113. The Bertz CT molecular complexity index is 314. The first kappa shape index (κ1) is 13.4. The number of nitrogens with zero attached hydrogens (tertiary/aromatic N) is 1. The van der Waals surface area contributed by atoms with Crippen molar-refractivity contribution in [3.8, 4) is 0 Å². The Morgan fingerprint density at radius 3 is 2.29 bits per heavy atom. The van der Waals surface area contributed by atoms with Crippen molar-refractivity contribution < 1.29 is 4.74 Å². The van der Waals surface area contributed by atoms with E-state index in [2.05, 4.69) is 0 Å². The highest BCUT2D eigenvalue weighted by Gasteiger charge is 2.05. The fourth-order valence-electron chi connectivity index (χ4n) is 1.03. The van der Waals surface area contributed by atoms with Crippen molar-refractivity contribution in [2.45, 2.75) is 34.2 Å². The molecule has 3 nitrogen and oxygen atoms in total. The number of aryl methyl sites for hydroxylation is 1. The molecular formula is C10H19NO2S. The topological polar surface area (TPSA) is 31.2 Å². The highest BCUT2D eigenvalue weighted by Crippen LogP contribution is 2.08. The summed E-state index contributed by atoms with van der Waals surface area (Å²) in [6.45, 7) is 9.18. The Morgan fingerprint density at radius 1 is 1.36 bits per heavy atom. The molecule has 0 radical (unpaired) electrons. The van der Waals surface area contributed by atoms with Crippen LogP contribution in [0.15, 0.2) is 4.79 Å². The molecule has 1 rings (SSSR count). The minimum absolute atomic E-state index is 0.113. The van der Waals surface area contributed by atoms with Crippen LogP contribution in [-0.2, 0) is 11.3 Å². The summed E-state index contributed by atoms with van der Waals surface area (Å²) in [6.07, 6.45) is 0. The van der Waals surface area contributed by atoms with Crippen molar-refractivity contribution in [1.29, 1.82) is 0 Å². The van der Waals surface area contributed by atoms with Gasteiger partial charge in [0.25, 0.3) is 0 Å². The zero-order valence-corrected chi connectivity index (χ0v) is 10.4. The number of hydrogen-bond acceptors (Lipinski definition) is 3. The van der Waals surface area contributed by atoms with Gasteiger partial charge < -0.3 is 9.30 Å². The summed E-state index contributed by atoms with van der Waals surface area (Å²) in [7, 11) is 1.64. The number of hydrogen-bond donors (Lipinski definition) is 0. The van der Waals surface area contributed by atoms with Gasteiger partial charge in [-0.25, -0.2) is 0 Å². The van der Waals surface area contributed by atoms with Gasteiger partial charge in [-0.1, -0.05) is 25.2 Å². The number of aromatic nitrogens is 1. The minimum Gasteiger partial charge on any atom is -0.383 e. The molecule has 1 heterocycles. The van der Waals surface area contributed by atoms with E-state index in [1.54, 1.807) is 11.7 Å². The first-order valence-electron chi connectivity index (χ1n) is 4.82. The Kier molecular flexibility index (Phi) is 6.49. The van der Waals surface area contributed by atoms with Crippen molar-refractivity contribution in [3.05, 3.63) is 20.2 Å². The lowest BCUT2D eigenvalue weighted by Gasteiger charge is -2.02. The molecule has 0 saturated carbocycles. The average Bonchev–Trinajstić information content (AvgIpc) is 2.43. The van der Waals surface area contributed by atoms with Gasteiger partial charge in [0.05, 0.1) is 13.2 Å². The fourth-order valence-corrected chi connectivity index (χ4v) is 1.89. The fraction of sp³-hybridized carbons (Fsp3) is 0.700. The summed E-state index contributed by atoms with van der Waals surface area (Å²) in [5, 5.41) is 0. The molecule has 14 heavy (non-hydrogen) atoms. The van der Waals surface area contributed by atoms with Crippen LogP contribution in [0.3, 0.4) is 0 Å². The predicted molar refractivity (Wildman–Crippen MR) is 61.3 cm³/mol. The molecule has 0 saturated heterocycles. The first-order chi connectivity index (χ1) is 6.66. The highest BCUT2D eigenvalue weighted by atomic mass is 32.1. The lowest BCUT2D eigenvalue weighted by atomic mass is 10.4. The number of methoxy groups -OCH3 is 1. The maximum absolute atomic E-state index is 11.3. The van der Waals surface area contributed by atoms with Crippen LogP contribution in [0.2, 0.25) is 0 Å². The zero-order valence-electron chi connectivity index (χ0n) is 9.59. The maximum atomic E-state index is 11.3. The van der Waals surface area contributed by atoms with Gasteiger partial charge >= 0.3 is 4.87 Å². The quantitative estimate of drug-likeness (QED) is 0.777. The van der Waals surface area contributed by atoms with Crippen molar-refractivity contribution in [1.82, 2.24) is 4.57 Å². The van der Waals surface area contributed by atoms with Gasteiger partial charge in [0.2, 0.25) is 0 Å². The second kappa shape index (κ2) is 6.79. The van der Waals surface area contributed by atoms with Crippen molar-refractivity contribution in [2.75, 3.05) is 13.7 Å². The number of thiazole rings is 1. The Labute approximate surface area is 89.3 Å². The third-order valence-corrected chi connectivity index (χ3v) is 2.89. The van der Waals surface area contributed by atoms with E-state index in [-0.39, 0.29) is 4.87 Å². The average molecular weight is 217 g/mol. The molecule has 0 N–H and O–H groups in total. The molecule has 0 aliphatic carbocycles. The molecular weight excluding hydrogens is 198 g/mol. The summed E-state index contributed by atoms with van der Waals surface area (Å²) in [4.78, 5) is 12.5. The van der Waals surface area contributed by atoms with Crippen molar-refractivity contribution >= 4 is 11.3 Å². The molecule has 0 bridgehead atoms. The molecule has 1 aromatic rings. The second-order valence-corrected chi connectivity index (χ2v) is 3.82. The Morgan fingerprint density at radius 2 is 1.93 bits per heavy atom. The summed E-state index contributed by atoms with van der Waals surface area (Å²) >= 11 is 1.30. The lowest BCUT2D eigenvalue weighted by molar-refractivity contribution is 0.186. The van der Waals surface area contributed by atoms with Crippen LogP contribution in [0, 0.1) is 13.8 Å². The van der Waals surface area contributed by atoms with E-state index in [4.69, 9.17) is 4.74 Å². The molecule has 0 fully saturated rings. The molecule has 0 amide bonds. The van der Waals surface area contributed by atoms with Crippen LogP contribution in [-0.4, -0.2) is 18.3 Å². The molecule has 0 atom stereocenters. The summed E-state index contributed by atoms with van der Waals surface area (Å²) in [6, 6.07) is 0. The van der Waals surface area contributed by atoms with Crippen LogP contribution < -0.4 is 4.87 Å². The van der Waals surface area contributed by atoms with E-state index in [1.165, 1.54) is 11.3 Å². The van der Waals surface area contributed by atoms with Gasteiger partial charge in [0.1, 0.15) is 0 Å². The van der Waals surface area contributed by atoms with E-state index in [0.717, 1.165) is 10.6 Å². The van der Waals surface area contributed by atoms with E-state index >= 15 is 0 Å². The van der Waals surface area contributed by atoms with Gasteiger partial charge in [-0.3, -0.25) is 4.79 Å². The number of rotatable bonds is 3. The van der Waals surface area contributed by atoms with E-state index in [0.29, 0.717) is 13.2 Å². The largest absolute Gasteiger partial charge is 0.383 e. The first-order valence-corrected chi connectivity index (χ1v) is 5.64. The van der Waals surface area contributed by atoms with Gasteiger partial charge in [-0.05, 0) is 13.8 Å². The van der Waals surface area contributed by atoms with Crippen LogP contribution in [0.25, 0.3) is 0 Å². The standard InChI is InChI=1S/C8H13NO2S.C2H6/c1-6-7(2)12-8(10)9(6)4-5-11-3;1-2/h4-5H2,1-3H3;1-2H3. The molecule has 0 unspecified atom stereocenters. The Balaban J connectivity index is 0.000000791. The van der Waals surface area contributed by atoms with Crippen molar-refractivity contribution in [2.24, 2.45) is 0 Å². The lowest BCUT2D eigenvalue weighted by Crippen LogP contribution is -2.17. The van der Waals surface area contributed by atoms with E-state index in [1.807, 2.05) is 27.7 Å². The molecule has 0 aliphatic rings. The SMILES string of the molecule is CC.COCCn1c(C)c(C)sc1=O. The third kappa shape index (κ3) is 3.27. The Hall–Kier alpha value is -0.610. The van der Waals surface area contributed by atoms with Crippen LogP contribution >= 0.6 is 11.3 Å². The van der Waals surface area contributed by atoms with Gasteiger partial charge in [0, 0.05) is 17.7 Å². The van der Waals surface area contributed by atoms with Crippen LogP contribution in [0.5, 0.6) is 0 Å².